The normalized spacial score (nSPS) is 10.2. The van der Waals surface area contributed by atoms with Crippen LogP contribution in [0.3, 0.4) is 0 Å². The second-order valence-corrected chi connectivity index (χ2v) is 4.54. The molecule has 1 aromatic carbocycles. The van der Waals surface area contributed by atoms with Gasteiger partial charge in [-0.05, 0) is 0 Å². The van der Waals surface area contributed by atoms with Crippen molar-refractivity contribution >= 4 is 28.9 Å². The maximum absolute atomic E-state index is 12.0. The number of ether oxygens (including phenoxy) is 1. The molecule has 1 aromatic heterocycles. The van der Waals surface area contributed by atoms with E-state index < -0.39 is 10.8 Å². The van der Waals surface area contributed by atoms with E-state index in [0.29, 0.717) is 0 Å². The predicted molar refractivity (Wildman–Crippen MR) is 75.8 cm³/mol. The Labute approximate surface area is 124 Å². The number of anilines is 1. The average molecular weight is 311 g/mol. The van der Waals surface area contributed by atoms with E-state index in [-0.39, 0.29) is 27.8 Å². The number of nitro benzene ring substituents is 1. The van der Waals surface area contributed by atoms with Crippen molar-refractivity contribution in [3.05, 3.63) is 45.2 Å². The van der Waals surface area contributed by atoms with Crippen LogP contribution in [0.2, 0.25) is 5.02 Å². The van der Waals surface area contributed by atoms with Gasteiger partial charge in [-0.1, -0.05) is 11.6 Å². The van der Waals surface area contributed by atoms with Crippen LogP contribution >= 0.6 is 11.6 Å². The summed E-state index contributed by atoms with van der Waals surface area (Å²) in [5.74, 6) is -0.310. The Morgan fingerprint density at radius 1 is 1.48 bits per heavy atom. The summed E-state index contributed by atoms with van der Waals surface area (Å²) in [6.45, 7) is 0. The third-order valence-electron chi connectivity index (χ3n) is 2.59. The third-order valence-corrected chi connectivity index (χ3v) is 2.87. The van der Waals surface area contributed by atoms with Crippen molar-refractivity contribution in [1.82, 2.24) is 9.78 Å². The molecule has 0 spiro atoms. The molecule has 0 fully saturated rings. The molecule has 2 rings (SSSR count). The molecular formula is C12H11ClN4O4. The van der Waals surface area contributed by atoms with Crippen LogP contribution in [-0.2, 0) is 7.05 Å². The number of aryl methyl sites for hydroxylation is 1. The zero-order valence-corrected chi connectivity index (χ0v) is 11.9. The van der Waals surface area contributed by atoms with E-state index in [1.54, 1.807) is 7.05 Å². The zero-order chi connectivity index (χ0) is 15.6. The number of hydrogen-bond donors (Lipinski definition) is 1. The third kappa shape index (κ3) is 3.29. The number of nitrogens with one attached hydrogen (secondary N) is 1. The van der Waals surface area contributed by atoms with Gasteiger partial charge in [0.05, 0.1) is 28.8 Å². The van der Waals surface area contributed by atoms with Crippen molar-refractivity contribution < 1.29 is 14.5 Å². The SMILES string of the molecule is COc1cc(NC(=O)c2nn(C)cc2Cl)cc([N+](=O)[O-])c1. The number of non-ortho nitro benzene ring substituents is 1. The molecule has 9 heteroatoms. The minimum absolute atomic E-state index is 0.0321. The van der Waals surface area contributed by atoms with Crippen LogP contribution in [0.25, 0.3) is 0 Å². The molecule has 0 radical (unpaired) electrons. The van der Waals surface area contributed by atoms with Crippen LogP contribution in [0.1, 0.15) is 10.5 Å². The number of amides is 1. The largest absolute Gasteiger partial charge is 0.496 e. The van der Waals surface area contributed by atoms with Gasteiger partial charge in [-0.2, -0.15) is 5.10 Å². The number of halogens is 1. The number of carbonyl (C=O) groups is 1. The number of nitro groups is 1. The number of benzene rings is 1. The molecule has 21 heavy (non-hydrogen) atoms. The Hall–Kier alpha value is -2.61. The summed E-state index contributed by atoms with van der Waals surface area (Å²) in [4.78, 5) is 22.3. The fraction of sp³-hybridized carbons (Fsp3) is 0.167. The molecule has 8 nitrogen and oxygen atoms in total. The van der Waals surface area contributed by atoms with Crippen molar-refractivity contribution in [2.24, 2.45) is 7.05 Å². The summed E-state index contributed by atoms with van der Waals surface area (Å²) < 4.78 is 6.35. The Balaban J connectivity index is 2.30. The van der Waals surface area contributed by atoms with Crippen LogP contribution in [0.4, 0.5) is 11.4 Å². The fourth-order valence-corrected chi connectivity index (χ4v) is 1.95. The van der Waals surface area contributed by atoms with Gasteiger partial charge in [0, 0.05) is 25.4 Å². The lowest BCUT2D eigenvalue weighted by Crippen LogP contribution is -2.13. The minimum atomic E-state index is -0.577. The number of methoxy groups -OCH3 is 1. The average Bonchev–Trinajstić information content (AvgIpc) is 2.77. The number of aromatic nitrogens is 2. The van der Waals surface area contributed by atoms with E-state index >= 15 is 0 Å². The Bertz CT molecular complexity index is 713. The van der Waals surface area contributed by atoms with Crippen molar-refractivity contribution in [3.8, 4) is 5.75 Å². The van der Waals surface area contributed by atoms with E-state index in [2.05, 4.69) is 10.4 Å². The van der Waals surface area contributed by atoms with Crippen LogP contribution in [0.15, 0.2) is 24.4 Å². The van der Waals surface area contributed by atoms with Crippen LogP contribution < -0.4 is 10.1 Å². The maximum atomic E-state index is 12.0. The van der Waals surface area contributed by atoms with Gasteiger partial charge in [-0.15, -0.1) is 0 Å². The monoisotopic (exact) mass is 310 g/mol. The lowest BCUT2D eigenvalue weighted by atomic mass is 10.2. The molecular weight excluding hydrogens is 300 g/mol. The molecule has 0 atom stereocenters. The van der Waals surface area contributed by atoms with E-state index in [1.165, 1.54) is 36.2 Å². The quantitative estimate of drug-likeness (QED) is 0.689. The van der Waals surface area contributed by atoms with Crippen molar-refractivity contribution in [3.63, 3.8) is 0 Å². The lowest BCUT2D eigenvalue weighted by molar-refractivity contribution is -0.384. The molecule has 0 bridgehead atoms. The zero-order valence-electron chi connectivity index (χ0n) is 11.2. The summed E-state index contributed by atoms with van der Waals surface area (Å²) in [6.07, 6.45) is 1.48. The smallest absolute Gasteiger partial charge is 0.277 e. The molecule has 1 heterocycles. The number of rotatable bonds is 4. The van der Waals surface area contributed by atoms with E-state index in [1.807, 2.05) is 0 Å². The molecule has 0 unspecified atom stereocenters. The Kier molecular flexibility index (Phi) is 4.08. The van der Waals surface area contributed by atoms with Gasteiger partial charge in [0.15, 0.2) is 5.69 Å². The van der Waals surface area contributed by atoms with Crippen LogP contribution in [0.5, 0.6) is 5.75 Å². The van der Waals surface area contributed by atoms with Gasteiger partial charge < -0.3 is 10.1 Å². The van der Waals surface area contributed by atoms with Gasteiger partial charge in [0.2, 0.25) is 0 Å². The second-order valence-electron chi connectivity index (χ2n) is 4.13. The van der Waals surface area contributed by atoms with Crippen molar-refractivity contribution in [2.45, 2.75) is 0 Å². The Morgan fingerprint density at radius 3 is 2.71 bits per heavy atom. The Morgan fingerprint density at radius 2 is 2.19 bits per heavy atom. The van der Waals surface area contributed by atoms with Gasteiger partial charge >= 0.3 is 0 Å². The molecule has 110 valence electrons. The minimum Gasteiger partial charge on any atom is -0.496 e. The number of hydrogen-bond acceptors (Lipinski definition) is 5. The molecule has 0 saturated carbocycles. The molecule has 0 aliphatic heterocycles. The highest BCUT2D eigenvalue weighted by atomic mass is 35.5. The summed E-state index contributed by atoms with van der Waals surface area (Å²) in [5, 5.41) is 17.4. The maximum Gasteiger partial charge on any atom is 0.277 e. The first-order valence-electron chi connectivity index (χ1n) is 5.74. The van der Waals surface area contributed by atoms with Crippen LogP contribution in [-0.4, -0.2) is 27.7 Å². The van der Waals surface area contributed by atoms with Gasteiger partial charge in [-0.3, -0.25) is 19.6 Å². The molecule has 0 aliphatic rings. The molecule has 0 saturated heterocycles. The first-order chi connectivity index (χ1) is 9.90. The topological polar surface area (TPSA) is 99.3 Å². The predicted octanol–water partition coefficient (Wildman–Crippen LogP) is 2.24. The molecule has 1 N–H and O–H groups in total. The molecule has 2 aromatic rings. The second kappa shape index (κ2) is 5.80. The summed E-state index contributed by atoms with van der Waals surface area (Å²) >= 11 is 5.87. The highest BCUT2D eigenvalue weighted by Gasteiger charge is 2.17. The molecule has 0 aliphatic carbocycles. The van der Waals surface area contributed by atoms with Gasteiger partial charge in [-0.25, -0.2) is 0 Å². The molecule has 1 amide bonds. The first-order valence-corrected chi connectivity index (χ1v) is 6.12. The summed E-state index contributed by atoms with van der Waals surface area (Å²) in [7, 11) is 3.00. The van der Waals surface area contributed by atoms with E-state index in [0.717, 1.165) is 0 Å². The van der Waals surface area contributed by atoms with Crippen molar-refractivity contribution in [1.29, 1.82) is 0 Å². The lowest BCUT2D eigenvalue weighted by Gasteiger charge is -2.06. The standard InChI is InChI=1S/C12H11ClN4O4/c1-16-6-10(13)11(15-16)12(18)14-7-3-8(17(19)20)5-9(4-7)21-2/h3-6H,1-2H3,(H,14,18). The highest BCUT2D eigenvalue weighted by molar-refractivity contribution is 6.34. The van der Waals surface area contributed by atoms with E-state index in [9.17, 15) is 14.9 Å². The van der Waals surface area contributed by atoms with E-state index in [4.69, 9.17) is 16.3 Å². The highest BCUT2D eigenvalue weighted by Crippen LogP contribution is 2.26. The van der Waals surface area contributed by atoms with Gasteiger partial charge in [0.25, 0.3) is 11.6 Å². The van der Waals surface area contributed by atoms with Crippen molar-refractivity contribution in [2.75, 3.05) is 12.4 Å². The fourth-order valence-electron chi connectivity index (χ4n) is 1.68. The summed E-state index contributed by atoms with van der Waals surface area (Å²) in [5.41, 5.74) is 0.0502. The van der Waals surface area contributed by atoms with Crippen LogP contribution in [0, 0.1) is 10.1 Å². The number of nitrogens with zero attached hydrogens (tertiary/aromatic N) is 3. The number of carbonyl (C=O) groups excluding carboxylic acids is 1. The van der Waals surface area contributed by atoms with Gasteiger partial charge in [0.1, 0.15) is 5.75 Å². The first kappa shape index (κ1) is 14.8. The summed E-state index contributed by atoms with van der Waals surface area (Å²) in [6, 6.07) is 3.93.